The van der Waals surface area contributed by atoms with Crippen LogP contribution in [0.15, 0.2) is 72.9 Å². The van der Waals surface area contributed by atoms with Crippen LogP contribution in [0.1, 0.15) is 29.6 Å². The smallest absolute Gasteiger partial charge is 0.255 e. The Morgan fingerprint density at radius 3 is 2.65 bits per heavy atom. The molecule has 0 radical (unpaired) electrons. The number of fused-ring (bicyclic) bond motifs is 1. The summed E-state index contributed by atoms with van der Waals surface area (Å²) in [6.45, 7) is 0.982. The minimum absolute atomic E-state index is 0.000589. The number of pyridine rings is 1. The number of nitrogens with zero attached hydrogens (tertiary/aromatic N) is 2. The van der Waals surface area contributed by atoms with Gasteiger partial charge in [0.05, 0.1) is 5.69 Å². The lowest BCUT2D eigenvalue weighted by Gasteiger charge is -2.21. The van der Waals surface area contributed by atoms with Crippen molar-refractivity contribution in [1.29, 1.82) is 0 Å². The molecule has 5 rings (SSSR count). The Morgan fingerprint density at radius 1 is 0.971 bits per heavy atom. The molecule has 172 valence electrons. The highest BCUT2D eigenvalue weighted by molar-refractivity contribution is 8.00. The minimum atomic E-state index is -1.05. The summed E-state index contributed by atoms with van der Waals surface area (Å²) in [5.41, 5.74) is 1.99. The Bertz CT molecular complexity index is 1330. The molecule has 3 aromatic carbocycles. The quantitative estimate of drug-likeness (QED) is 0.321. The lowest BCUT2D eigenvalue weighted by Crippen LogP contribution is -2.16. The van der Waals surface area contributed by atoms with Gasteiger partial charge in [-0.2, -0.15) is 0 Å². The summed E-state index contributed by atoms with van der Waals surface area (Å²) in [5.74, 6) is -1.35. The van der Waals surface area contributed by atoms with Gasteiger partial charge in [0.15, 0.2) is 11.6 Å². The first-order valence-electron chi connectivity index (χ1n) is 11.3. The molecule has 0 spiro atoms. The molecule has 0 unspecified atom stereocenters. The fourth-order valence-corrected chi connectivity index (χ4v) is 5.21. The van der Waals surface area contributed by atoms with E-state index in [4.69, 9.17) is 0 Å². The molecule has 1 aromatic heterocycles. The zero-order chi connectivity index (χ0) is 23.5. The molecular formula is C27H23F2N3OS. The molecule has 1 aliphatic heterocycles. The first kappa shape index (κ1) is 22.3. The molecular weight excluding hydrogens is 452 g/mol. The lowest BCUT2D eigenvalue weighted by molar-refractivity contribution is 0.102. The van der Waals surface area contributed by atoms with Crippen molar-refractivity contribution in [2.45, 2.75) is 19.3 Å². The monoisotopic (exact) mass is 475 g/mol. The number of benzene rings is 3. The number of nitrogens with one attached hydrogen (secondary N) is 1. The van der Waals surface area contributed by atoms with Crippen LogP contribution in [0.4, 0.5) is 20.2 Å². The number of amides is 1. The van der Waals surface area contributed by atoms with Crippen LogP contribution in [0.2, 0.25) is 0 Å². The van der Waals surface area contributed by atoms with Gasteiger partial charge in [-0.25, -0.2) is 8.78 Å². The molecule has 0 saturated carbocycles. The fraction of sp³-hybridized carbons (Fsp3) is 0.185. The third-order valence-electron chi connectivity index (χ3n) is 5.88. The van der Waals surface area contributed by atoms with E-state index in [1.165, 1.54) is 18.9 Å². The van der Waals surface area contributed by atoms with E-state index in [-0.39, 0.29) is 11.3 Å². The van der Waals surface area contributed by atoms with Gasteiger partial charge in [-0.1, -0.05) is 30.7 Å². The van der Waals surface area contributed by atoms with Crippen LogP contribution in [0, 0.1) is 11.6 Å². The van der Waals surface area contributed by atoms with Crippen molar-refractivity contribution < 1.29 is 13.6 Å². The van der Waals surface area contributed by atoms with Crippen LogP contribution in [-0.2, 0) is 0 Å². The summed E-state index contributed by atoms with van der Waals surface area (Å²) >= 11 is 1.81. The van der Waals surface area contributed by atoms with Crippen LogP contribution in [-0.4, -0.2) is 23.2 Å². The van der Waals surface area contributed by atoms with E-state index in [0.717, 1.165) is 35.9 Å². The molecule has 2 heterocycles. The SMILES string of the molecule is O=C(Nc1cc(F)c(F)c(-c2nccc3ccccc23)c1)c1ccc(N2CCCCCS2)cc1. The molecule has 0 aliphatic carbocycles. The normalized spacial score (nSPS) is 14.1. The molecule has 0 atom stereocenters. The van der Waals surface area contributed by atoms with Gasteiger partial charge in [0.2, 0.25) is 0 Å². The Balaban J connectivity index is 1.40. The van der Waals surface area contributed by atoms with Gasteiger partial charge in [-0.05, 0) is 66.6 Å². The van der Waals surface area contributed by atoms with Crippen LogP contribution >= 0.6 is 11.9 Å². The van der Waals surface area contributed by atoms with Crippen LogP contribution in [0.3, 0.4) is 0 Å². The summed E-state index contributed by atoms with van der Waals surface area (Å²) in [6.07, 6.45) is 5.16. The summed E-state index contributed by atoms with van der Waals surface area (Å²) in [6, 6.07) is 19.0. The number of halogens is 2. The predicted octanol–water partition coefficient (Wildman–Crippen LogP) is 7.07. The summed E-state index contributed by atoms with van der Waals surface area (Å²) in [7, 11) is 0. The molecule has 1 aliphatic rings. The third kappa shape index (κ3) is 4.61. The van der Waals surface area contributed by atoms with Crippen molar-refractivity contribution in [3.63, 3.8) is 0 Å². The molecule has 1 N–H and O–H groups in total. The maximum atomic E-state index is 14.8. The van der Waals surface area contributed by atoms with Gasteiger partial charge in [-0.3, -0.25) is 9.78 Å². The number of anilines is 2. The number of carbonyl (C=O) groups excluding carboxylic acids is 1. The number of aromatic nitrogens is 1. The van der Waals surface area contributed by atoms with Gasteiger partial charge in [0, 0.05) is 52.4 Å². The topological polar surface area (TPSA) is 45.2 Å². The van der Waals surface area contributed by atoms with Crippen molar-refractivity contribution in [2.75, 3.05) is 21.9 Å². The second-order valence-electron chi connectivity index (χ2n) is 8.20. The van der Waals surface area contributed by atoms with Crippen molar-refractivity contribution in [3.8, 4) is 11.3 Å². The van der Waals surface area contributed by atoms with E-state index in [1.54, 1.807) is 30.3 Å². The number of hydrogen-bond donors (Lipinski definition) is 1. The molecule has 1 fully saturated rings. The lowest BCUT2D eigenvalue weighted by atomic mass is 10.0. The maximum absolute atomic E-state index is 14.8. The van der Waals surface area contributed by atoms with Gasteiger partial charge in [-0.15, -0.1) is 0 Å². The molecule has 4 nitrogen and oxygen atoms in total. The molecule has 0 bridgehead atoms. The fourth-order valence-electron chi connectivity index (χ4n) is 4.13. The second kappa shape index (κ2) is 9.81. The van der Waals surface area contributed by atoms with E-state index in [1.807, 2.05) is 42.5 Å². The van der Waals surface area contributed by atoms with Crippen molar-refractivity contribution in [1.82, 2.24) is 4.98 Å². The predicted molar refractivity (Wildman–Crippen MR) is 135 cm³/mol. The van der Waals surface area contributed by atoms with Crippen LogP contribution in [0.5, 0.6) is 0 Å². The standard InChI is InChI=1S/C27H23F2N3OS/c28-24-17-20(16-23(25(24)29)26-22-7-3-2-6-18(22)12-13-30-26)31-27(33)19-8-10-21(11-9-19)32-14-4-1-5-15-34-32/h2-3,6-13,16-17H,1,4-5,14-15H2,(H,31,33). The van der Waals surface area contributed by atoms with E-state index in [2.05, 4.69) is 14.6 Å². The average Bonchev–Trinajstić information content (AvgIpc) is 3.16. The molecule has 1 amide bonds. The highest BCUT2D eigenvalue weighted by atomic mass is 32.2. The largest absolute Gasteiger partial charge is 0.322 e. The van der Waals surface area contributed by atoms with Crippen molar-refractivity contribution in [2.24, 2.45) is 0 Å². The zero-order valence-corrected chi connectivity index (χ0v) is 19.2. The van der Waals surface area contributed by atoms with E-state index >= 15 is 0 Å². The highest BCUT2D eigenvalue weighted by Crippen LogP contribution is 2.32. The van der Waals surface area contributed by atoms with Gasteiger partial charge < -0.3 is 9.62 Å². The molecule has 4 aromatic rings. The first-order chi connectivity index (χ1) is 16.6. The van der Waals surface area contributed by atoms with E-state index in [9.17, 15) is 13.6 Å². The summed E-state index contributed by atoms with van der Waals surface area (Å²) in [5, 5.41) is 4.27. The Kier molecular flexibility index (Phi) is 6.45. The Labute approximate surface area is 201 Å². The van der Waals surface area contributed by atoms with Gasteiger partial charge >= 0.3 is 0 Å². The summed E-state index contributed by atoms with van der Waals surface area (Å²) < 4.78 is 31.5. The number of hydrogen-bond acceptors (Lipinski definition) is 4. The highest BCUT2D eigenvalue weighted by Gasteiger charge is 2.18. The molecule has 1 saturated heterocycles. The van der Waals surface area contributed by atoms with Crippen LogP contribution < -0.4 is 9.62 Å². The van der Waals surface area contributed by atoms with Crippen molar-refractivity contribution >= 4 is 40.0 Å². The molecule has 34 heavy (non-hydrogen) atoms. The van der Waals surface area contributed by atoms with Crippen LogP contribution in [0.25, 0.3) is 22.0 Å². The zero-order valence-electron chi connectivity index (χ0n) is 18.4. The van der Waals surface area contributed by atoms with Crippen molar-refractivity contribution in [3.05, 3.63) is 90.1 Å². The van der Waals surface area contributed by atoms with E-state index < -0.39 is 17.5 Å². The number of carbonyl (C=O) groups is 1. The Morgan fingerprint density at radius 2 is 1.79 bits per heavy atom. The summed E-state index contributed by atoms with van der Waals surface area (Å²) in [4.78, 5) is 17.1. The maximum Gasteiger partial charge on any atom is 0.255 e. The minimum Gasteiger partial charge on any atom is -0.322 e. The van der Waals surface area contributed by atoms with E-state index in [0.29, 0.717) is 16.6 Å². The Hall–Kier alpha value is -3.45. The molecule has 7 heteroatoms. The van der Waals surface area contributed by atoms with Gasteiger partial charge in [0.1, 0.15) is 0 Å². The first-order valence-corrected chi connectivity index (χ1v) is 12.2. The third-order valence-corrected chi connectivity index (χ3v) is 7.06. The second-order valence-corrected chi connectivity index (χ2v) is 9.30. The average molecular weight is 476 g/mol. The number of rotatable bonds is 4. The van der Waals surface area contributed by atoms with Gasteiger partial charge in [0.25, 0.3) is 5.91 Å².